The maximum Gasteiger partial charge on any atom is 0.312 e. The highest BCUT2D eigenvalue weighted by Crippen LogP contribution is 2.21. The number of carbonyl (C=O) groups is 2. The van der Waals surface area contributed by atoms with Crippen molar-refractivity contribution < 1.29 is 9.59 Å². The van der Waals surface area contributed by atoms with E-state index in [1.54, 1.807) is 9.80 Å². The molecule has 2 aromatic carbocycles. The van der Waals surface area contributed by atoms with Crippen LogP contribution in [0.25, 0.3) is 0 Å². The number of anilines is 2. The highest BCUT2D eigenvalue weighted by atomic mass is 35.5. The molecule has 0 spiro atoms. The Morgan fingerprint density at radius 1 is 0.621 bits per heavy atom. The molecule has 0 unspecified atom stereocenters. The van der Waals surface area contributed by atoms with Gasteiger partial charge < -0.3 is 19.6 Å². The van der Waals surface area contributed by atoms with Gasteiger partial charge in [0.05, 0.1) is 0 Å². The summed E-state index contributed by atoms with van der Waals surface area (Å²) in [5, 5.41) is 0.700. The number of amides is 2. The summed E-state index contributed by atoms with van der Waals surface area (Å²) in [6, 6.07) is 17.9. The van der Waals surface area contributed by atoms with E-state index in [1.807, 2.05) is 42.5 Å². The highest BCUT2D eigenvalue weighted by molar-refractivity contribution is 6.35. The molecule has 29 heavy (non-hydrogen) atoms. The molecule has 2 aromatic rings. The Morgan fingerprint density at radius 3 is 1.62 bits per heavy atom. The van der Waals surface area contributed by atoms with Gasteiger partial charge in [-0.1, -0.05) is 35.9 Å². The lowest BCUT2D eigenvalue weighted by atomic mass is 10.2. The summed E-state index contributed by atoms with van der Waals surface area (Å²) in [5.74, 6) is -0.766. The molecule has 152 valence electrons. The van der Waals surface area contributed by atoms with E-state index in [0.717, 1.165) is 24.5 Å². The molecule has 0 aromatic heterocycles. The van der Waals surface area contributed by atoms with Gasteiger partial charge >= 0.3 is 11.8 Å². The summed E-state index contributed by atoms with van der Waals surface area (Å²) in [4.78, 5) is 33.2. The van der Waals surface area contributed by atoms with Crippen LogP contribution in [0.5, 0.6) is 0 Å². The lowest BCUT2D eigenvalue weighted by Crippen LogP contribution is -2.56. The Kier molecular flexibility index (Phi) is 5.90. The van der Waals surface area contributed by atoms with Gasteiger partial charge in [-0.05, 0) is 30.3 Å². The Labute approximate surface area is 176 Å². The average molecular weight is 413 g/mol. The van der Waals surface area contributed by atoms with Crippen LogP contribution in [-0.2, 0) is 9.59 Å². The molecule has 2 fully saturated rings. The van der Waals surface area contributed by atoms with E-state index in [-0.39, 0.29) is 11.8 Å². The second kappa shape index (κ2) is 8.74. The molecule has 7 heteroatoms. The van der Waals surface area contributed by atoms with Crippen molar-refractivity contribution in [1.82, 2.24) is 9.80 Å². The van der Waals surface area contributed by atoms with E-state index in [2.05, 4.69) is 21.9 Å². The minimum Gasteiger partial charge on any atom is -0.368 e. The number of halogens is 1. The number of hydrogen-bond donors (Lipinski definition) is 0. The molecule has 0 bridgehead atoms. The minimum atomic E-state index is -0.385. The predicted octanol–water partition coefficient (Wildman–Crippen LogP) is 2.34. The van der Waals surface area contributed by atoms with Gasteiger partial charge in [0.1, 0.15) is 0 Å². The van der Waals surface area contributed by atoms with Crippen LogP contribution in [0.2, 0.25) is 5.02 Å². The number of rotatable bonds is 2. The maximum absolute atomic E-state index is 12.7. The predicted molar refractivity (Wildman–Crippen MR) is 115 cm³/mol. The maximum atomic E-state index is 12.7. The van der Waals surface area contributed by atoms with Gasteiger partial charge in [-0.15, -0.1) is 0 Å². The topological polar surface area (TPSA) is 47.1 Å². The fourth-order valence-corrected chi connectivity index (χ4v) is 4.10. The third-order valence-electron chi connectivity index (χ3n) is 5.61. The van der Waals surface area contributed by atoms with Crippen molar-refractivity contribution in [2.75, 3.05) is 62.2 Å². The number of benzene rings is 2. The first-order chi connectivity index (χ1) is 14.1. The largest absolute Gasteiger partial charge is 0.368 e. The Morgan fingerprint density at radius 2 is 1.10 bits per heavy atom. The molecule has 0 saturated carbocycles. The molecule has 0 N–H and O–H groups in total. The SMILES string of the molecule is O=C(C(=O)N1CCN(c2cccc(Cl)c2)CC1)N1CCN(c2ccccc2)CC1. The molecule has 6 nitrogen and oxygen atoms in total. The van der Waals surface area contributed by atoms with Crippen molar-refractivity contribution in [3.63, 3.8) is 0 Å². The summed E-state index contributed by atoms with van der Waals surface area (Å²) < 4.78 is 0. The zero-order valence-corrected chi connectivity index (χ0v) is 17.1. The van der Waals surface area contributed by atoms with Crippen LogP contribution >= 0.6 is 11.6 Å². The molecule has 4 rings (SSSR count). The van der Waals surface area contributed by atoms with E-state index in [9.17, 15) is 9.59 Å². The Balaban J connectivity index is 1.28. The molecule has 2 amide bonds. The van der Waals surface area contributed by atoms with Crippen molar-refractivity contribution >= 4 is 34.8 Å². The molecule has 2 aliphatic rings. The fraction of sp³-hybridized carbons (Fsp3) is 0.364. The summed E-state index contributed by atoms with van der Waals surface area (Å²) in [5.41, 5.74) is 2.20. The lowest BCUT2D eigenvalue weighted by molar-refractivity contribution is -0.152. The number of carbonyl (C=O) groups excluding carboxylic acids is 2. The van der Waals surface area contributed by atoms with Crippen molar-refractivity contribution in [2.45, 2.75) is 0 Å². The van der Waals surface area contributed by atoms with Crippen LogP contribution in [0, 0.1) is 0 Å². The van der Waals surface area contributed by atoms with Gasteiger partial charge in [-0.3, -0.25) is 9.59 Å². The van der Waals surface area contributed by atoms with E-state index in [4.69, 9.17) is 11.6 Å². The standard InChI is InChI=1S/C22H25ClN4O2/c23-18-5-4-8-20(17-18)25-11-15-27(16-12-25)22(29)21(28)26-13-9-24(10-14-26)19-6-2-1-3-7-19/h1-8,17H,9-16H2. The van der Waals surface area contributed by atoms with Crippen molar-refractivity contribution in [3.05, 3.63) is 59.6 Å². The number of para-hydroxylation sites is 1. The van der Waals surface area contributed by atoms with E-state index in [0.29, 0.717) is 44.3 Å². The lowest BCUT2D eigenvalue weighted by Gasteiger charge is -2.38. The van der Waals surface area contributed by atoms with Gasteiger partial charge in [0.15, 0.2) is 0 Å². The molecular weight excluding hydrogens is 388 g/mol. The van der Waals surface area contributed by atoms with E-state index in [1.165, 1.54) is 0 Å². The smallest absolute Gasteiger partial charge is 0.312 e. The first-order valence-corrected chi connectivity index (χ1v) is 10.4. The van der Waals surface area contributed by atoms with Crippen LogP contribution < -0.4 is 9.80 Å². The first-order valence-electron chi connectivity index (χ1n) is 10.0. The Bertz CT molecular complexity index is 860. The summed E-state index contributed by atoms with van der Waals surface area (Å²) >= 11 is 6.08. The summed E-state index contributed by atoms with van der Waals surface area (Å²) in [6.45, 7) is 5.10. The molecule has 0 atom stereocenters. The molecular formula is C22H25ClN4O2. The summed E-state index contributed by atoms with van der Waals surface area (Å²) in [7, 11) is 0. The normalized spacial score (nSPS) is 17.4. The van der Waals surface area contributed by atoms with Crippen LogP contribution in [0.4, 0.5) is 11.4 Å². The van der Waals surface area contributed by atoms with E-state index >= 15 is 0 Å². The second-order valence-corrected chi connectivity index (χ2v) is 7.81. The van der Waals surface area contributed by atoms with Crippen LogP contribution in [-0.4, -0.2) is 74.0 Å². The third-order valence-corrected chi connectivity index (χ3v) is 5.85. The van der Waals surface area contributed by atoms with E-state index < -0.39 is 0 Å². The first kappa shape index (κ1) is 19.6. The van der Waals surface area contributed by atoms with Gasteiger partial charge in [0.2, 0.25) is 0 Å². The van der Waals surface area contributed by atoms with Gasteiger partial charge in [0.25, 0.3) is 0 Å². The second-order valence-electron chi connectivity index (χ2n) is 7.37. The molecule has 0 aliphatic carbocycles. The molecule has 0 radical (unpaired) electrons. The van der Waals surface area contributed by atoms with Crippen molar-refractivity contribution in [1.29, 1.82) is 0 Å². The molecule has 2 saturated heterocycles. The van der Waals surface area contributed by atoms with Crippen molar-refractivity contribution in [2.24, 2.45) is 0 Å². The van der Waals surface area contributed by atoms with Gasteiger partial charge in [0, 0.05) is 68.8 Å². The number of piperazine rings is 2. The summed E-state index contributed by atoms with van der Waals surface area (Å²) in [6.07, 6.45) is 0. The van der Waals surface area contributed by atoms with Gasteiger partial charge in [-0.2, -0.15) is 0 Å². The molecule has 2 heterocycles. The Hall–Kier alpha value is -2.73. The number of hydrogen-bond acceptors (Lipinski definition) is 4. The quantitative estimate of drug-likeness (QED) is 0.710. The van der Waals surface area contributed by atoms with Crippen LogP contribution in [0.15, 0.2) is 54.6 Å². The zero-order chi connectivity index (χ0) is 20.2. The number of nitrogens with zero attached hydrogens (tertiary/aromatic N) is 4. The monoisotopic (exact) mass is 412 g/mol. The van der Waals surface area contributed by atoms with Crippen molar-refractivity contribution in [3.8, 4) is 0 Å². The zero-order valence-electron chi connectivity index (χ0n) is 16.3. The van der Waals surface area contributed by atoms with Crippen LogP contribution in [0.1, 0.15) is 0 Å². The molecule has 2 aliphatic heterocycles. The average Bonchev–Trinajstić information content (AvgIpc) is 2.79. The minimum absolute atomic E-state index is 0.381. The fourth-order valence-electron chi connectivity index (χ4n) is 3.92. The van der Waals surface area contributed by atoms with Gasteiger partial charge in [-0.25, -0.2) is 0 Å². The third kappa shape index (κ3) is 4.48. The highest BCUT2D eigenvalue weighted by Gasteiger charge is 2.31. The van der Waals surface area contributed by atoms with Crippen LogP contribution in [0.3, 0.4) is 0 Å².